The molecular weight excluding hydrogens is 273 g/mol. The normalized spacial score (nSPS) is 10.5. The van der Waals surface area contributed by atoms with Crippen LogP contribution in [0, 0.1) is 5.82 Å². The van der Waals surface area contributed by atoms with Crippen molar-refractivity contribution in [3.05, 3.63) is 30.1 Å². The van der Waals surface area contributed by atoms with E-state index in [1.165, 1.54) is 30.0 Å². The van der Waals surface area contributed by atoms with E-state index in [4.69, 9.17) is 0 Å². The standard InChI is InChI=1S/C15H22FN3O2/c1-12(20)19(14-7-4-6-13(16)10-14)11-15(21)17-8-5-9-18(2)3/h4,6-7,10H,5,8-9,11H2,1-3H3,(H,17,21). The van der Waals surface area contributed by atoms with Crippen molar-refractivity contribution in [2.24, 2.45) is 0 Å². The minimum Gasteiger partial charge on any atom is -0.355 e. The molecule has 0 unspecified atom stereocenters. The summed E-state index contributed by atoms with van der Waals surface area (Å²) in [6, 6.07) is 5.64. The number of nitrogens with zero attached hydrogens (tertiary/aromatic N) is 2. The number of carbonyl (C=O) groups excluding carboxylic acids is 2. The number of hydrogen-bond acceptors (Lipinski definition) is 3. The van der Waals surface area contributed by atoms with Crippen molar-refractivity contribution in [3.8, 4) is 0 Å². The van der Waals surface area contributed by atoms with Gasteiger partial charge in [-0.15, -0.1) is 0 Å². The van der Waals surface area contributed by atoms with E-state index >= 15 is 0 Å². The predicted molar refractivity (Wildman–Crippen MR) is 80.6 cm³/mol. The Bertz CT molecular complexity index is 492. The van der Waals surface area contributed by atoms with Gasteiger partial charge in [0.1, 0.15) is 12.4 Å². The van der Waals surface area contributed by atoms with Gasteiger partial charge in [0.25, 0.3) is 0 Å². The second-order valence-electron chi connectivity index (χ2n) is 5.09. The molecule has 0 radical (unpaired) electrons. The summed E-state index contributed by atoms with van der Waals surface area (Å²) in [6.45, 7) is 2.66. The summed E-state index contributed by atoms with van der Waals surface area (Å²) in [6.07, 6.45) is 0.832. The van der Waals surface area contributed by atoms with Crippen LogP contribution in [0.25, 0.3) is 0 Å². The first kappa shape index (κ1) is 17.1. The van der Waals surface area contributed by atoms with Crippen molar-refractivity contribution in [3.63, 3.8) is 0 Å². The average Bonchev–Trinajstić information content (AvgIpc) is 2.40. The number of rotatable bonds is 7. The van der Waals surface area contributed by atoms with E-state index < -0.39 is 5.82 Å². The van der Waals surface area contributed by atoms with E-state index in [2.05, 4.69) is 5.32 Å². The molecule has 0 fully saturated rings. The molecule has 0 atom stereocenters. The number of benzene rings is 1. The molecule has 116 valence electrons. The summed E-state index contributed by atoms with van der Waals surface area (Å²) < 4.78 is 13.2. The molecule has 1 aromatic carbocycles. The molecule has 1 aromatic rings. The fraction of sp³-hybridized carbons (Fsp3) is 0.467. The largest absolute Gasteiger partial charge is 0.355 e. The van der Waals surface area contributed by atoms with Gasteiger partial charge >= 0.3 is 0 Å². The minimum atomic E-state index is -0.440. The lowest BCUT2D eigenvalue weighted by Crippen LogP contribution is -2.40. The van der Waals surface area contributed by atoms with Crippen LogP contribution in [0.15, 0.2) is 24.3 Å². The highest BCUT2D eigenvalue weighted by molar-refractivity contribution is 5.97. The second kappa shape index (κ2) is 8.36. The lowest BCUT2D eigenvalue weighted by molar-refractivity contribution is -0.123. The smallest absolute Gasteiger partial charge is 0.240 e. The molecular formula is C15H22FN3O2. The number of halogens is 1. The topological polar surface area (TPSA) is 52.7 Å². The maximum Gasteiger partial charge on any atom is 0.240 e. The first-order chi connectivity index (χ1) is 9.90. The molecule has 1 rings (SSSR count). The lowest BCUT2D eigenvalue weighted by Gasteiger charge is -2.20. The summed E-state index contributed by atoms with van der Waals surface area (Å²) >= 11 is 0. The van der Waals surface area contributed by atoms with Gasteiger partial charge in [-0.25, -0.2) is 4.39 Å². The molecule has 0 aliphatic carbocycles. The van der Waals surface area contributed by atoms with Crippen LogP contribution in [0.4, 0.5) is 10.1 Å². The molecule has 0 aromatic heterocycles. The Labute approximate surface area is 124 Å². The first-order valence-corrected chi connectivity index (χ1v) is 6.85. The van der Waals surface area contributed by atoms with Crippen LogP contribution in [0.2, 0.25) is 0 Å². The van der Waals surface area contributed by atoms with Crippen LogP contribution >= 0.6 is 0 Å². The van der Waals surface area contributed by atoms with Gasteiger partial charge in [-0.2, -0.15) is 0 Å². The maximum atomic E-state index is 13.2. The van der Waals surface area contributed by atoms with Crippen molar-refractivity contribution in [1.29, 1.82) is 0 Å². The Balaban J connectivity index is 2.55. The summed E-state index contributed by atoms with van der Waals surface area (Å²) in [5.74, 6) is -0.998. The third-order valence-electron chi connectivity index (χ3n) is 2.91. The molecule has 0 bridgehead atoms. The van der Waals surface area contributed by atoms with Crippen molar-refractivity contribution in [1.82, 2.24) is 10.2 Å². The molecule has 5 nitrogen and oxygen atoms in total. The van der Waals surface area contributed by atoms with Crippen LogP contribution in [-0.4, -0.2) is 50.4 Å². The van der Waals surface area contributed by atoms with Crippen LogP contribution < -0.4 is 10.2 Å². The molecule has 0 saturated carbocycles. The summed E-state index contributed by atoms with van der Waals surface area (Å²) in [4.78, 5) is 26.8. The number of hydrogen-bond donors (Lipinski definition) is 1. The van der Waals surface area contributed by atoms with Gasteiger partial charge in [0.05, 0.1) is 0 Å². The van der Waals surface area contributed by atoms with E-state index in [9.17, 15) is 14.0 Å². The average molecular weight is 295 g/mol. The Morgan fingerprint density at radius 2 is 2.00 bits per heavy atom. The number of nitrogens with one attached hydrogen (secondary N) is 1. The number of anilines is 1. The van der Waals surface area contributed by atoms with Crippen LogP contribution in [0.3, 0.4) is 0 Å². The quantitative estimate of drug-likeness (QED) is 0.770. The van der Waals surface area contributed by atoms with Gasteiger partial charge < -0.3 is 15.1 Å². The van der Waals surface area contributed by atoms with Crippen molar-refractivity contribution in [2.45, 2.75) is 13.3 Å². The van der Waals surface area contributed by atoms with Gasteiger partial charge in [-0.1, -0.05) is 6.07 Å². The van der Waals surface area contributed by atoms with E-state index in [1.807, 2.05) is 19.0 Å². The zero-order valence-corrected chi connectivity index (χ0v) is 12.7. The molecule has 6 heteroatoms. The first-order valence-electron chi connectivity index (χ1n) is 6.85. The van der Waals surface area contributed by atoms with Crippen LogP contribution in [-0.2, 0) is 9.59 Å². The fourth-order valence-corrected chi connectivity index (χ4v) is 1.85. The minimum absolute atomic E-state index is 0.110. The van der Waals surface area contributed by atoms with E-state index in [-0.39, 0.29) is 18.4 Å². The highest BCUT2D eigenvalue weighted by Gasteiger charge is 2.15. The molecule has 2 amide bonds. The van der Waals surface area contributed by atoms with Gasteiger partial charge in [0, 0.05) is 19.2 Å². The van der Waals surface area contributed by atoms with Crippen LogP contribution in [0.5, 0.6) is 0 Å². The predicted octanol–water partition coefficient (Wildman–Crippen LogP) is 1.25. The Morgan fingerprint density at radius 3 is 2.57 bits per heavy atom. The molecule has 0 heterocycles. The Kier molecular flexibility index (Phi) is 6.81. The Hall–Kier alpha value is -1.95. The highest BCUT2D eigenvalue weighted by atomic mass is 19.1. The molecule has 1 N–H and O–H groups in total. The SMILES string of the molecule is CC(=O)N(CC(=O)NCCCN(C)C)c1cccc(F)c1. The summed E-state index contributed by atoms with van der Waals surface area (Å²) in [5.41, 5.74) is 0.381. The molecule has 0 saturated heterocycles. The lowest BCUT2D eigenvalue weighted by atomic mass is 10.2. The summed E-state index contributed by atoms with van der Waals surface area (Å²) in [7, 11) is 3.92. The van der Waals surface area contributed by atoms with Crippen molar-refractivity contribution >= 4 is 17.5 Å². The number of carbonyl (C=O) groups is 2. The van der Waals surface area contributed by atoms with Crippen LogP contribution in [0.1, 0.15) is 13.3 Å². The van der Waals surface area contributed by atoms with Crippen molar-refractivity contribution < 1.29 is 14.0 Å². The van der Waals surface area contributed by atoms with Gasteiger partial charge in [0.15, 0.2) is 0 Å². The fourth-order valence-electron chi connectivity index (χ4n) is 1.85. The van der Waals surface area contributed by atoms with E-state index in [1.54, 1.807) is 6.07 Å². The third-order valence-corrected chi connectivity index (χ3v) is 2.91. The molecule has 0 spiro atoms. The zero-order chi connectivity index (χ0) is 15.8. The Morgan fingerprint density at radius 1 is 1.29 bits per heavy atom. The maximum absolute atomic E-state index is 13.2. The molecule has 0 aliphatic heterocycles. The van der Waals surface area contributed by atoms with Crippen molar-refractivity contribution in [2.75, 3.05) is 38.6 Å². The van der Waals surface area contributed by atoms with E-state index in [0.29, 0.717) is 12.2 Å². The molecule has 0 aliphatic rings. The zero-order valence-electron chi connectivity index (χ0n) is 12.7. The third kappa shape index (κ3) is 6.35. The van der Waals surface area contributed by atoms with Gasteiger partial charge in [0.2, 0.25) is 11.8 Å². The summed E-state index contributed by atoms with van der Waals surface area (Å²) in [5, 5.41) is 2.75. The molecule has 21 heavy (non-hydrogen) atoms. The highest BCUT2D eigenvalue weighted by Crippen LogP contribution is 2.15. The monoisotopic (exact) mass is 295 g/mol. The number of amides is 2. The second-order valence-corrected chi connectivity index (χ2v) is 5.09. The van der Waals surface area contributed by atoms with E-state index in [0.717, 1.165) is 13.0 Å². The van der Waals surface area contributed by atoms with Gasteiger partial charge in [-0.3, -0.25) is 9.59 Å². The van der Waals surface area contributed by atoms with Gasteiger partial charge in [-0.05, 0) is 45.3 Å².